The van der Waals surface area contributed by atoms with E-state index < -0.39 is 5.97 Å². The molecule has 0 aliphatic heterocycles. The van der Waals surface area contributed by atoms with Crippen molar-refractivity contribution < 1.29 is 61.3 Å². The van der Waals surface area contributed by atoms with E-state index in [0.717, 1.165) is 10.2 Å². The van der Waals surface area contributed by atoms with Gasteiger partial charge in [-0.05, 0) is 24.3 Å². The Morgan fingerprint density at radius 3 is 2.68 bits per heavy atom. The van der Waals surface area contributed by atoms with Gasteiger partial charge in [0, 0.05) is 11.8 Å². The fourth-order valence-electron chi connectivity index (χ4n) is 1.71. The minimum atomic E-state index is -1.24. The quantitative estimate of drug-likeness (QED) is 0.553. The number of carboxylic acid groups (broad SMARTS) is 1. The Morgan fingerprint density at radius 2 is 1.95 bits per heavy atom. The van der Waals surface area contributed by atoms with E-state index in [1.165, 1.54) is 17.4 Å². The summed E-state index contributed by atoms with van der Waals surface area (Å²) in [6.07, 6.45) is 1.55. The van der Waals surface area contributed by atoms with Gasteiger partial charge in [0.05, 0.1) is 16.2 Å². The van der Waals surface area contributed by atoms with Gasteiger partial charge in [-0.2, -0.15) is 0 Å². The molecule has 0 spiro atoms. The van der Waals surface area contributed by atoms with Gasteiger partial charge >= 0.3 is 51.4 Å². The minimum Gasteiger partial charge on any atom is -0.545 e. The maximum Gasteiger partial charge on any atom is 1.00 e. The van der Waals surface area contributed by atoms with Gasteiger partial charge in [-0.1, -0.05) is 12.1 Å². The third-order valence-electron chi connectivity index (χ3n) is 2.52. The first-order valence-corrected chi connectivity index (χ1v) is 6.09. The average molecular weight is 294 g/mol. The summed E-state index contributed by atoms with van der Waals surface area (Å²) in [5.74, 6) is -1.24. The van der Waals surface area contributed by atoms with Crippen LogP contribution in [0.4, 0.5) is 0 Å². The minimum absolute atomic E-state index is 0. The van der Waals surface area contributed by atoms with Gasteiger partial charge in [0.25, 0.3) is 0 Å². The number of carbonyl (C=O) groups excluding carboxylic acids is 1. The molecule has 0 aliphatic carbocycles. The van der Waals surface area contributed by atoms with Gasteiger partial charge in [-0.25, -0.2) is 4.98 Å². The van der Waals surface area contributed by atoms with Crippen LogP contribution in [0.3, 0.4) is 0 Å². The number of carboxylic acids is 1. The third-order valence-corrected chi connectivity index (χ3v) is 3.57. The van der Waals surface area contributed by atoms with Crippen LogP contribution in [0, 0.1) is 0 Å². The second-order valence-corrected chi connectivity index (χ2v) is 4.70. The third kappa shape index (κ3) is 2.94. The van der Waals surface area contributed by atoms with E-state index in [4.69, 9.17) is 0 Å². The standard InChI is InChI=1S/C13H8N2O2S.K/c16-13(17)8-4-3-7-14-11(8)12-15-9-5-1-2-6-10(9)18-12;/h1-7H,(H,16,17);/q;+1/p-1. The maximum atomic E-state index is 11.0. The zero-order valence-electron chi connectivity index (χ0n) is 10.2. The Labute approximate surface area is 155 Å². The van der Waals surface area contributed by atoms with Crippen LogP contribution in [0.1, 0.15) is 10.4 Å². The van der Waals surface area contributed by atoms with Gasteiger partial charge in [0.2, 0.25) is 0 Å². The van der Waals surface area contributed by atoms with Gasteiger partial charge < -0.3 is 9.90 Å². The molecule has 2 heterocycles. The molecule has 0 aliphatic rings. The number of aromatic carboxylic acids is 1. The molecule has 0 atom stereocenters. The Hall–Kier alpha value is -0.634. The van der Waals surface area contributed by atoms with Crippen molar-refractivity contribution in [3.05, 3.63) is 48.2 Å². The number of aromatic nitrogens is 2. The summed E-state index contributed by atoms with van der Waals surface area (Å²) in [6, 6.07) is 10.7. The fraction of sp³-hybridized carbons (Fsp3) is 0. The van der Waals surface area contributed by atoms with E-state index in [2.05, 4.69) is 9.97 Å². The molecule has 0 fully saturated rings. The van der Waals surface area contributed by atoms with Crippen LogP contribution >= 0.6 is 11.3 Å². The molecule has 4 nitrogen and oxygen atoms in total. The van der Waals surface area contributed by atoms with Crippen LogP contribution in [0.15, 0.2) is 42.6 Å². The van der Waals surface area contributed by atoms with E-state index in [9.17, 15) is 9.90 Å². The summed E-state index contributed by atoms with van der Waals surface area (Å²) in [7, 11) is 0. The summed E-state index contributed by atoms with van der Waals surface area (Å²) >= 11 is 1.42. The monoisotopic (exact) mass is 294 g/mol. The second kappa shape index (κ2) is 6.21. The molecule has 2 aromatic heterocycles. The van der Waals surface area contributed by atoms with Crippen LogP contribution in [-0.4, -0.2) is 15.9 Å². The van der Waals surface area contributed by atoms with Crippen molar-refractivity contribution >= 4 is 27.5 Å². The molecule has 6 heteroatoms. The van der Waals surface area contributed by atoms with Crippen LogP contribution < -0.4 is 56.5 Å². The first-order chi connectivity index (χ1) is 8.75. The molecule has 19 heavy (non-hydrogen) atoms. The SMILES string of the molecule is O=C([O-])c1cccnc1-c1nc2ccccc2s1.[K+]. The van der Waals surface area contributed by atoms with Crippen molar-refractivity contribution in [2.24, 2.45) is 0 Å². The van der Waals surface area contributed by atoms with Crippen molar-refractivity contribution in [1.29, 1.82) is 0 Å². The van der Waals surface area contributed by atoms with Crippen molar-refractivity contribution in [2.45, 2.75) is 0 Å². The number of nitrogens with zero attached hydrogens (tertiary/aromatic N) is 2. The van der Waals surface area contributed by atoms with Crippen molar-refractivity contribution in [3.63, 3.8) is 0 Å². The molecule has 0 radical (unpaired) electrons. The molecule has 0 saturated heterocycles. The Bertz CT molecular complexity index is 709. The number of para-hydroxylation sites is 1. The summed E-state index contributed by atoms with van der Waals surface area (Å²) in [5, 5.41) is 11.6. The molecule has 1 aromatic carbocycles. The molecule has 0 amide bonds. The number of thiazole rings is 1. The van der Waals surface area contributed by atoms with E-state index >= 15 is 0 Å². The van der Waals surface area contributed by atoms with E-state index in [-0.39, 0.29) is 56.9 Å². The fourth-order valence-corrected chi connectivity index (χ4v) is 2.69. The molecule has 0 unspecified atom stereocenters. The zero-order chi connectivity index (χ0) is 12.5. The van der Waals surface area contributed by atoms with Gasteiger partial charge in [0.15, 0.2) is 0 Å². The van der Waals surface area contributed by atoms with Crippen molar-refractivity contribution in [3.8, 4) is 10.7 Å². The van der Waals surface area contributed by atoms with Crippen molar-refractivity contribution in [2.75, 3.05) is 0 Å². The molecule has 88 valence electrons. The topological polar surface area (TPSA) is 65.9 Å². The number of benzene rings is 1. The Morgan fingerprint density at radius 1 is 1.16 bits per heavy atom. The Balaban J connectivity index is 0.00000133. The zero-order valence-corrected chi connectivity index (χ0v) is 14.1. The van der Waals surface area contributed by atoms with Gasteiger partial charge in [0.1, 0.15) is 10.7 Å². The first-order valence-electron chi connectivity index (χ1n) is 5.28. The molecular weight excluding hydrogens is 287 g/mol. The maximum absolute atomic E-state index is 11.0. The number of fused-ring (bicyclic) bond motifs is 1. The van der Waals surface area contributed by atoms with Crippen LogP contribution in [0.25, 0.3) is 20.9 Å². The summed E-state index contributed by atoms with van der Waals surface area (Å²) < 4.78 is 1.00. The Kier molecular flexibility index (Phi) is 4.83. The largest absolute Gasteiger partial charge is 1.00 e. The van der Waals surface area contributed by atoms with E-state index in [1.807, 2.05) is 24.3 Å². The first kappa shape index (κ1) is 14.8. The van der Waals surface area contributed by atoms with E-state index in [1.54, 1.807) is 12.3 Å². The number of hydrogen-bond acceptors (Lipinski definition) is 5. The molecule has 0 N–H and O–H groups in total. The molecular formula is C13H7KN2O2S. The summed E-state index contributed by atoms with van der Waals surface area (Å²) in [6.45, 7) is 0. The average Bonchev–Trinajstić information content (AvgIpc) is 2.82. The van der Waals surface area contributed by atoms with Gasteiger partial charge in [-0.15, -0.1) is 11.3 Å². The van der Waals surface area contributed by atoms with Crippen LogP contribution in [-0.2, 0) is 0 Å². The van der Waals surface area contributed by atoms with Crippen LogP contribution in [0.2, 0.25) is 0 Å². The molecule has 0 saturated carbocycles. The van der Waals surface area contributed by atoms with E-state index in [0.29, 0.717) is 10.7 Å². The van der Waals surface area contributed by atoms with Gasteiger partial charge in [-0.3, -0.25) is 4.98 Å². The number of carbonyl (C=O) groups is 1. The predicted octanol–water partition coefficient (Wildman–Crippen LogP) is -1.27. The number of pyridine rings is 1. The summed E-state index contributed by atoms with van der Waals surface area (Å²) in [4.78, 5) is 19.5. The summed E-state index contributed by atoms with van der Waals surface area (Å²) in [5.41, 5.74) is 1.27. The predicted molar refractivity (Wildman–Crippen MR) is 67.2 cm³/mol. The number of rotatable bonds is 2. The van der Waals surface area contributed by atoms with Crippen molar-refractivity contribution in [1.82, 2.24) is 9.97 Å². The molecule has 3 aromatic rings. The molecule has 0 bridgehead atoms. The normalized spacial score (nSPS) is 10.1. The second-order valence-electron chi connectivity index (χ2n) is 3.67. The smallest absolute Gasteiger partial charge is 0.545 e. The molecule has 3 rings (SSSR count). The number of hydrogen-bond donors (Lipinski definition) is 0. The van der Waals surface area contributed by atoms with Crippen LogP contribution in [0.5, 0.6) is 0 Å².